The molecule has 2 aliphatic rings. The van der Waals surface area contributed by atoms with Gasteiger partial charge in [0.05, 0.1) is 31.3 Å². The van der Waals surface area contributed by atoms with Gasteiger partial charge in [0.2, 0.25) is 0 Å². The summed E-state index contributed by atoms with van der Waals surface area (Å²) < 4.78 is 7.11. The highest BCUT2D eigenvalue weighted by Crippen LogP contribution is 2.32. The summed E-state index contributed by atoms with van der Waals surface area (Å²) in [6.45, 7) is 4.23. The van der Waals surface area contributed by atoms with Gasteiger partial charge >= 0.3 is 6.03 Å². The number of anilines is 2. The van der Waals surface area contributed by atoms with E-state index in [0.29, 0.717) is 18.9 Å². The molecule has 4 rings (SSSR count). The van der Waals surface area contributed by atoms with E-state index >= 15 is 0 Å². The number of aryl methyl sites for hydroxylation is 1. The molecule has 150 valence electrons. The van der Waals surface area contributed by atoms with Gasteiger partial charge in [-0.05, 0) is 17.7 Å². The van der Waals surface area contributed by atoms with Crippen LogP contribution in [-0.2, 0) is 11.8 Å². The molecule has 2 N–H and O–H groups in total. The number of amides is 2. The predicted octanol–water partition coefficient (Wildman–Crippen LogP) is 0.891. The smallest absolute Gasteiger partial charge is 0.323 e. The van der Waals surface area contributed by atoms with E-state index in [1.54, 1.807) is 22.0 Å². The monoisotopic (exact) mass is 386 g/mol. The van der Waals surface area contributed by atoms with Crippen LogP contribution in [0.4, 0.5) is 16.3 Å². The van der Waals surface area contributed by atoms with Gasteiger partial charge in [-0.1, -0.05) is 0 Å². The molecule has 2 aromatic rings. The quantitative estimate of drug-likeness (QED) is 0.810. The van der Waals surface area contributed by atoms with Crippen LogP contribution in [-0.4, -0.2) is 76.8 Å². The third kappa shape index (κ3) is 3.95. The third-order valence-electron chi connectivity index (χ3n) is 5.47. The first-order valence-corrected chi connectivity index (χ1v) is 9.58. The molecule has 9 heteroatoms. The summed E-state index contributed by atoms with van der Waals surface area (Å²) in [6.07, 6.45) is 5.53. The molecule has 0 spiro atoms. The first kappa shape index (κ1) is 18.7. The number of aromatic nitrogens is 3. The van der Waals surface area contributed by atoms with Gasteiger partial charge in [-0.3, -0.25) is 10.00 Å². The van der Waals surface area contributed by atoms with E-state index < -0.39 is 0 Å². The number of morpholine rings is 1. The summed E-state index contributed by atoms with van der Waals surface area (Å²) in [7, 11) is 1.86. The minimum atomic E-state index is -0.198. The van der Waals surface area contributed by atoms with Crippen LogP contribution in [0.5, 0.6) is 0 Å². The van der Waals surface area contributed by atoms with E-state index in [9.17, 15) is 9.90 Å². The third-order valence-corrected chi connectivity index (χ3v) is 5.47. The molecule has 2 atom stereocenters. The van der Waals surface area contributed by atoms with Crippen molar-refractivity contribution in [2.75, 3.05) is 56.2 Å². The van der Waals surface area contributed by atoms with Crippen LogP contribution >= 0.6 is 0 Å². The zero-order valence-corrected chi connectivity index (χ0v) is 16.0. The van der Waals surface area contributed by atoms with E-state index in [2.05, 4.69) is 20.3 Å². The maximum Gasteiger partial charge on any atom is 0.323 e. The molecular weight excluding hydrogens is 360 g/mol. The Balaban J connectivity index is 1.38. The van der Waals surface area contributed by atoms with Gasteiger partial charge in [0, 0.05) is 57.9 Å². The van der Waals surface area contributed by atoms with Crippen molar-refractivity contribution in [3.05, 3.63) is 36.3 Å². The number of carbonyl (C=O) groups excluding carboxylic acids is 1. The first-order chi connectivity index (χ1) is 13.6. The highest BCUT2D eigenvalue weighted by Gasteiger charge is 2.36. The Morgan fingerprint density at radius 3 is 2.75 bits per heavy atom. The zero-order valence-electron chi connectivity index (χ0n) is 16.0. The predicted molar refractivity (Wildman–Crippen MR) is 104 cm³/mol. The van der Waals surface area contributed by atoms with Crippen LogP contribution in [0.25, 0.3) is 0 Å². The van der Waals surface area contributed by atoms with Crippen LogP contribution < -0.4 is 10.2 Å². The lowest BCUT2D eigenvalue weighted by Gasteiger charge is -2.28. The highest BCUT2D eigenvalue weighted by molar-refractivity contribution is 5.88. The van der Waals surface area contributed by atoms with Crippen molar-refractivity contribution < 1.29 is 14.6 Å². The number of pyridine rings is 1. The van der Waals surface area contributed by atoms with Gasteiger partial charge in [-0.2, -0.15) is 5.10 Å². The van der Waals surface area contributed by atoms with Crippen molar-refractivity contribution in [2.45, 2.75) is 5.92 Å². The Bertz CT molecular complexity index is 802. The summed E-state index contributed by atoms with van der Waals surface area (Å²) in [5.74, 6) is 0.611. The summed E-state index contributed by atoms with van der Waals surface area (Å²) in [5.41, 5.74) is 2.07. The lowest BCUT2D eigenvalue weighted by atomic mass is 9.92. The fourth-order valence-corrected chi connectivity index (χ4v) is 3.89. The van der Waals surface area contributed by atoms with Crippen molar-refractivity contribution in [3.8, 4) is 0 Å². The molecule has 4 heterocycles. The summed E-state index contributed by atoms with van der Waals surface area (Å²) in [5, 5.41) is 16.8. The van der Waals surface area contributed by atoms with E-state index in [4.69, 9.17) is 4.74 Å². The Morgan fingerprint density at radius 2 is 2.11 bits per heavy atom. The van der Waals surface area contributed by atoms with Crippen LogP contribution in [0, 0.1) is 5.92 Å². The van der Waals surface area contributed by atoms with Crippen molar-refractivity contribution in [2.24, 2.45) is 13.0 Å². The van der Waals surface area contributed by atoms with Crippen molar-refractivity contribution in [3.63, 3.8) is 0 Å². The van der Waals surface area contributed by atoms with Gasteiger partial charge in [-0.25, -0.2) is 9.78 Å². The zero-order chi connectivity index (χ0) is 19.5. The fraction of sp³-hybridized carbons (Fsp3) is 0.526. The Hall–Kier alpha value is -2.65. The van der Waals surface area contributed by atoms with Gasteiger partial charge in [0.1, 0.15) is 5.82 Å². The van der Waals surface area contributed by atoms with Gasteiger partial charge in [0.15, 0.2) is 0 Å². The number of aliphatic hydroxyl groups excluding tert-OH is 1. The van der Waals surface area contributed by atoms with Crippen molar-refractivity contribution >= 4 is 17.5 Å². The number of likely N-dealkylation sites (tertiary alicyclic amines) is 1. The topological polar surface area (TPSA) is 95.8 Å². The number of carbonyl (C=O) groups is 1. The summed E-state index contributed by atoms with van der Waals surface area (Å²) in [4.78, 5) is 21.0. The Labute approximate surface area is 163 Å². The standard InChI is InChI=1S/C19H26N6O3/c1-23-10-14(8-21-23)17-12-25(11-15(17)13-26)19(27)22-18-3-2-16(9-20-18)24-4-6-28-7-5-24/h2-3,8-10,15,17,26H,4-7,11-13H2,1H3,(H,20,22,27)/t15-,17-/m0/s1. The second kappa shape index (κ2) is 8.15. The van der Waals surface area contributed by atoms with Crippen LogP contribution in [0.3, 0.4) is 0 Å². The number of aliphatic hydroxyl groups is 1. The second-order valence-corrected chi connectivity index (χ2v) is 7.33. The molecule has 9 nitrogen and oxygen atoms in total. The van der Waals surface area contributed by atoms with Gasteiger partial charge in [-0.15, -0.1) is 0 Å². The molecule has 2 fully saturated rings. The largest absolute Gasteiger partial charge is 0.396 e. The average Bonchev–Trinajstić information content (AvgIpc) is 3.35. The van der Waals surface area contributed by atoms with Crippen LogP contribution in [0.15, 0.2) is 30.7 Å². The van der Waals surface area contributed by atoms with E-state index in [1.807, 2.05) is 25.4 Å². The SMILES string of the molecule is Cn1cc([C@@H]2CN(C(=O)Nc3ccc(N4CCOCC4)cn3)C[C@H]2CO)cn1. The molecule has 2 aliphatic heterocycles. The molecule has 0 aliphatic carbocycles. The highest BCUT2D eigenvalue weighted by atomic mass is 16.5. The van der Waals surface area contributed by atoms with E-state index in [1.165, 1.54) is 0 Å². The van der Waals surface area contributed by atoms with Crippen LogP contribution in [0.2, 0.25) is 0 Å². The lowest BCUT2D eigenvalue weighted by Crippen LogP contribution is -2.36. The summed E-state index contributed by atoms with van der Waals surface area (Å²) >= 11 is 0. The molecule has 0 saturated carbocycles. The Kier molecular flexibility index (Phi) is 5.45. The molecular formula is C19H26N6O3. The maximum atomic E-state index is 12.7. The first-order valence-electron chi connectivity index (χ1n) is 9.58. The minimum Gasteiger partial charge on any atom is -0.396 e. The molecule has 2 amide bonds. The molecule has 0 aromatic carbocycles. The number of hydrogen-bond donors (Lipinski definition) is 2. The van der Waals surface area contributed by atoms with E-state index in [-0.39, 0.29) is 24.5 Å². The molecule has 28 heavy (non-hydrogen) atoms. The Morgan fingerprint density at radius 1 is 1.29 bits per heavy atom. The number of nitrogens with zero attached hydrogens (tertiary/aromatic N) is 5. The normalized spacial score (nSPS) is 22.5. The number of rotatable bonds is 4. The van der Waals surface area contributed by atoms with Gasteiger partial charge in [0.25, 0.3) is 0 Å². The molecule has 2 saturated heterocycles. The number of ether oxygens (including phenoxy) is 1. The van der Waals surface area contributed by atoms with E-state index in [0.717, 1.165) is 37.6 Å². The molecule has 0 bridgehead atoms. The molecule has 2 aromatic heterocycles. The number of nitrogens with one attached hydrogen (secondary N) is 1. The lowest BCUT2D eigenvalue weighted by molar-refractivity contribution is 0.122. The fourth-order valence-electron chi connectivity index (χ4n) is 3.89. The second-order valence-electron chi connectivity index (χ2n) is 7.33. The number of hydrogen-bond acceptors (Lipinski definition) is 6. The van der Waals surface area contributed by atoms with Crippen LogP contribution in [0.1, 0.15) is 11.5 Å². The molecule has 0 unspecified atom stereocenters. The van der Waals surface area contributed by atoms with Gasteiger partial charge < -0.3 is 19.6 Å². The average molecular weight is 386 g/mol. The maximum absolute atomic E-state index is 12.7. The summed E-state index contributed by atoms with van der Waals surface area (Å²) in [6, 6.07) is 3.59. The molecule has 0 radical (unpaired) electrons. The van der Waals surface area contributed by atoms with Crippen molar-refractivity contribution in [1.82, 2.24) is 19.7 Å². The number of urea groups is 1. The van der Waals surface area contributed by atoms with Crippen molar-refractivity contribution in [1.29, 1.82) is 0 Å². The minimum absolute atomic E-state index is 0.00612.